The van der Waals surface area contributed by atoms with Crippen LogP contribution in [0.1, 0.15) is 33.1 Å². The molecule has 0 aromatic heterocycles. The number of carboxylic acids is 1. The fourth-order valence-corrected chi connectivity index (χ4v) is 2.08. The summed E-state index contributed by atoms with van der Waals surface area (Å²) in [5.74, 6) is -0.825. The van der Waals surface area contributed by atoms with Crippen LogP contribution in [0.15, 0.2) is 0 Å². The number of hydrogen-bond donors (Lipinski definition) is 1. The van der Waals surface area contributed by atoms with Gasteiger partial charge in [-0.2, -0.15) is 0 Å². The Hall–Kier alpha value is -1.10. The van der Waals surface area contributed by atoms with E-state index in [0.717, 1.165) is 32.5 Å². The molecule has 1 aliphatic rings. The second-order valence-electron chi connectivity index (χ2n) is 5.50. The smallest absolute Gasteiger partial charge is 0.318 e. The zero-order valence-corrected chi connectivity index (χ0v) is 11.4. The number of carbonyl (C=O) groups is 2. The molecule has 1 rings (SSSR count). The van der Waals surface area contributed by atoms with Gasteiger partial charge in [0.2, 0.25) is 5.91 Å². The third-order valence-corrected chi connectivity index (χ3v) is 3.63. The Labute approximate surface area is 108 Å². The number of amides is 1. The van der Waals surface area contributed by atoms with Gasteiger partial charge in [-0.25, -0.2) is 0 Å². The summed E-state index contributed by atoms with van der Waals surface area (Å²) in [5.41, 5.74) is -1.34. The molecule has 18 heavy (non-hydrogen) atoms. The van der Waals surface area contributed by atoms with E-state index in [1.807, 2.05) is 0 Å². The second-order valence-corrected chi connectivity index (χ2v) is 5.50. The Morgan fingerprint density at radius 1 is 1.33 bits per heavy atom. The maximum atomic E-state index is 12.0. The molecular weight excluding hydrogens is 234 g/mol. The van der Waals surface area contributed by atoms with Crippen molar-refractivity contribution in [3.8, 4) is 0 Å². The minimum absolute atomic E-state index is 0.331. The van der Waals surface area contributed by atoms with Gasteiger partial charge in [0.25, 0.3) is 0 Å². The van der Waals surface area contributed by atoms with Crippen LogP contribution in [0.2, 0.25) is 0 Å². The summed E-state index contributed by atoms with van der Waals surface area (Å²) in [6, 6.07) is 0. The predicted molar refractivity (Wildman–Crippen MR) is 67.2 cm³/mol. The van der Waals surface area contributed by atoms with Crippen molar-refractivity contribution in [3.05, 3.63) is 0 Å². The van der Waals surface area contributed by atoms with Crippen molar-refractivity contribution in [2.75, 3.05) is 26.8 Å². The van der Waals surface area contributed by atoms with Crippen LogP contribution in [0, 0.1) is 11.3 Å². The fourth-order valence-electron chi connectivity index (χ4n) is 2.08. The first kappa shape index (κ1) is 15.0. The van der Waals surface area contributed by atoms with Crippen LogP contribution in [0.25, 0.3) is 0 Å². The average molecular weight is 257 g/mol. The van der Waals surface area contributed by atoms with Crippen molar-refractivity contribution in [2.45, 2.75) is 33.1 Å². The lowest BCUT2D eigenvalue weighted by molar-refractivity contribution is -0.157. The van der Waals surface area contributed by atoms with Crippen molar-refractivity contribution in [2.24, 2.45) is 11.3 Å². The van der Waals surface area contributed by atoms with Crippen molar-refractivity contribution >= 4 is 11.9 Å². The summed E-state index contributed by atoms with van der Waals surface area (Å²) in [5, 5.41) is 9.01. The number of hydrogen-bond acceptors (Lipinski definition) is 3. The van der Waals surface area contributed by atoms with Gasteiger partial charge in [0.05, 0.1) is 0 Å². The lowest BCUT2D eigenvalue weighted by Gasteiger charge is -2.28. The summed E-state index contributed by atoms with van der Waals surface area (Å²) in [7, 11) is 1.67. The van der Waals surface area contributed by atoms with E-state index in [2.05, 4.69) is 0 Å². The minimum Gasteiger partial charge on any atom is -0.480 e. The molecule has 5 heteroatoms. The van der Waals surface area contributed by atoms with Gasteiger partial charge in [-0.05, 0) is 39.0 Å². The van der Waals surface area contributed by atoms with E-state index in [9.17, 15) is 9.59 Å². The molecule has 0 aliphatic carbocycles. The number of carboxylic acid groups (broad SMARTS) is 1. The monoisotopic (exact) mass is 257 g/mol. The molecule has 1 saturated heterocycles. The van der Waals surface area contributed by atoms with Gasteiger partial charge in [0.1, 0.15) is 5.41 Å². The summed E-state index contributed by atoms with van der Waals surface area (Å²) < 4.78 is 5.28. The van der Waals surface area contributed by atoms with Crippen LogP contribution in [0.4, 0.5) is 0 Å². The van der Waals surface area contributed by atoms with Crippen LogP contribution in [-0.2, 0) is 14.3 Å². The Balaban J connectivity index is 2.42. The van der Waals surface area contributed by atoms with Crippen LogP contribution in [0.3, 0.4) is 0 Å². The molecule has 1 aliphatic heterocycles. The first-order valence-corrected chi connectivity index (χ1v) is 6.42. The molecule has 0 spiro atoms. The summed E-state index contributed by atoms with van der Waals surface area (Å²) in [6.07, 6.45) is 2.98. The van der Waals surface area contributed by atoms with Gasteiger partial charge >= 0.3 is 5.97 Å². The molecule has 0 aromatic carbocycles. The van der Waals surface area contributed by atoms with Crippen molar-refractivity contribution in [3.63, 3.8) is 0 Å². The van der Waals surface area contributed by atoms with Gasteiger partial charge in [-0.1, -0.05) is 0 Å². The number of aliphatic carboxylic acids is 1. The molecule has 104 valence electrons. The minimum atomic E-state index is -1.34. The molecule has 1 fully saturated rings. The first-order chi connectivity index (χ1) is 8.35. The van der Waals surface area contributed by atoms with Gasteiger partial charge in [0.15, 0.2) is 0 Å². The molecule has 1 N–H and O–H groups in total. The standard InChI is InChI=1S/C13H23NO4/c1-13(2,12(16)17)11(15)14(3)7-4-10-5-8-18-9-6-10/h10H,4-9H2,1-3H3,(H,16,17). The molecule has 0 unspecified atom stereocenters. The highest BCUT2D eigenvalue weighted by Crippen LogP contribution is 2.21. The Bertz CT molecular complexity index is 308. The molecule has 1 heterocycles. The molecule has 0 radical (unpaired) electrons. The third-order valence-electron chi connectivity index (χ3n) is 3.63. The molecule has 1 amide bonds. The highest BCUT2D eigenvalue weighted by Gasteiger charge is 2.38. The van der Waals surface area contributed by atoms with Crippen LogP contribution in [-0.4, -0.2) is 48.7 Å². The normalized spacial score (nSPS) is 17.5. The van der Waals surface area contributed by atoms with E-state index in [1.54, 1.807) is 7.05 Å². The molecule has 0 bridgehead atoms. The Morgan fingerprint density at radius 3 is 2.39 bits per heavy atom. The summed E-state index contributed by atoms with van der Waals surface area (Å²) in [6.45, 7) is 5.09. The van der Waals surface area contributed by atoms with E-state index in [-0.39, 0.29) is 5.91 Å². The molecule has 0 aromatic rings. The zero-order chi connectivity index (χ0) is 13.8. The van der Waals surface area contributed by atoms with Gasteiger partial charge < -0.3 is 14.7 Å². The quantitative estimate of drug-likeness (QED) is 0.755. The maximum absolute atomic E-state index is 12.0. The van der Waals surface area contributed by atoms with E-state index in [1.165, 1.54) is 18.7 Å². The lowest BCUT2D eigenvalue weighted by atomic mass is 9.91. The van der Waals surface area contributed by atoms with Crippen molar-refractivity contribution in [1.82, 2.24) is 4.90 Å². The van der Waals surface area contributed by atoms with Crippen LogP contribution >= 0.6 is 0 Å². The van der Waals surface area contributed by atoms with Gasteiger partial charge in [-0.3, -0.25) is 9.59 Å². The Kier molecular flexibility index (Phi) is 5.14. The SMILES string of the molecule is CN(CCC1CCOCC1)C(=O)C(C)(C)C(=O)O. The van der Waals surface area contributed by atoms with Gasteiger partial charge in [0, 0.05) is 26.8 Å². The number of carbonyl (C=O) groups excluding carboxylic acids is 1. The largest absolute Gasteiger partial charge is 0.480 e. The molecule has 0 saturated carbocycles. The molecule has 5 nitrogen and oxygen atoms in total. The van der Waals surface area contributed by atoms with Crippen LogP contribution in [0.5, 0.6) is 0 Å². The van der Waals surface area contributed by atoms with E-state index in [4.69, 9.17) is 9.84 Å². The first-order valence-electron chi connectivity index (χ1n) is 6.42. The summed E-state index contributed by atoms with van der Waals surface area (Å²) >= 11 is 0. The zero-order valence-electron chi connectivity index (χ0n) is 11.4. The predicted octanol–water partition coefficient (Wildman–Crippen LogP) is 1.37. The topological polar surface area (TPSA) is 66.8 Å². The van der Waals surface area contributed by atoms with Crippen LogP contribution < -0.4 is 0 Å². The van der Waals surface area contributed by atoms with Crippen molar-refractivity contribution < 1.29 is 19.4 Å². The van der Waals surface area contributed by atoms with E-state index < -0.39 is 11.4 Å². The number of ether oxygens (including phenoxy) is 1. The van der Waals surface area contributed by atoms with E-state index in [0.29, 0.717) is 12.5 Å². The number of rotatable bonds is 5. The third kappa shape index (κ3) is 3.70. The highest BCUT2D eigenvalue weighted by atomic mass is 16.5. The van der Waals surface area contributed by atoms with E-state index >= 15 is 0 Å². The molecule has 0 atom stereocenters. The Morgan fingerprint density at radius 2 is 1.89 bits per heavy atom. The molecular formula is C13H23NO4. The summed E-state index contributed by atoms with van der Waals surface area (Å²) in [4.78, 5) is 24.5. The average Bonchev–Trinajstić information content (AvgIpc) is 2.36. The fraction of sp³-hybridized carbons (Fsp3) is 0.846. The van der Waals surface area contributed by atoms with Crippen molar-refractivity contribution in [1.29, 1.82) is 0 Å². The highest BCUT2D eigenvalue weighted by molar-refractivity contribution is 6.00. The second kappa shape index (κ2) is 6.18. The van der Waals surface area contributed by atoms with Gasteiger partial charge in [-0.15, -0.1) is 0 Å². The number of nitrogens with zero attached hydrogens (tertiary/aromatic N) is 1. The lowest BCUT2D eigenvalue weighted by Crippen LogP contribution is -2.44. The maximum Gasteiger partial charge on any atom is 0.318 e.